The summed E-state index contributed by atoms with van der Waals surface area (Å²) in [7, 11) is 0. The molecule has 0 aromatic carbocycles. The van der Waals surface area contributed by atoms with Crippen molar-refractivity contribution < 1.29 is 14.3 Å². The maximum atomic E-state index is 11.8. The molecule has 0 spiro atoms. The molecule has 19 heavy (non-hydrogen) atoms. The average Bonchev–Trinajstić information content (AvgIpc) is 2.22. The van der Waals surface area contributed by atoms with Gasteiger partial charge in [0, 0.05) is 0 Å². The minimum atomic E-state index is -0.415. The Morgan fingerprint density at radius 2 is 1.53 bits per heavy atom. The van der Waals surface area contributed by atoms with Crippen LogP contribution in [0.2, 0.25) is 0 Å². The predicted octanol–water partition coefficient (Wildman–Crippen LogP) is 3.31. The molecule has 4 rings (SSSR count). The topological polar surface area (TPSA) is 35.5 Å². The van der Waals surface area contributed by atoms with Crippen molar-refractivity contribution in [3.8, 4) is 0 Å². The van der Waals surface area contributed by atoms with E-state index in [1.54, 1.807) is 0 Å². The standard InChI is InChI=1S/C16H26O3/c1-15(2,3)19-14(17)10-18-16-7-11-4-12(8-16)6-13(5-11)9-16/h11-13H,4-10H2,1-3H3. The Hall–Kier alpha value is -0.570. The van der Waals surface area contributed by atoms with Gasteiger partial charge in [0.15, 0.2) is 0 Å². The summed E-state index contributed by atoms with van der Waals surface area (Å²) in [6.45, 7) is 5.82. The first kappa shape index (κ1) is 13.4. The molecule has 0 heterocycles. The van der Waals surface area contributed by atoms with Crippen LogP contribution in [0.5, 0.6) is 0 Å². The van der Waals surface area contributed by atoms with Gasteiger partial charge in [0.05, 0.1) is 5.60 Å². The highest BCUT2D eigenvalue weighted by Crippen LogP contribution is 2.57. The minimum Gasteiger partial charge on any atom is -0.458 e. The zero-order chi connectivity index (χ0) is 13.7. The predicted molar refractivity (Wildman–Crippen MR) is 72.7 cm³/mol. The summed E-state index contributed by atoms with van der Waals surface area (Å²) in [6, 6.07) is 0. The lowest BCUT2D eigenvalue weighted by molar-refractivity contribution is -0.188. The molecule has 3 heteroatoms. The summed E-state index contributed by atoms with van der Waals surface area (Å²) in [5.41, 5.74) is -0.409. The van der Waals surface area contributed by atoms with Crippen molar-refractivity contribution in [2.75, 3.05) is 6.61 Å². The van der Waals surface area contributed by atoms with Gasteiger partial charge in [-0.2, -0.15) is 0 Å². The van der Waals surface area contributed by atoms with E-state index in [4.69, 9.17) is 9.47 Å². The van der Waals surface area contributed by atoms with Crippen LogP contribution in [0.4, 0.5) is 0 Å². The lowest BCUT2D eigenvalue weighted by atomic mass is 9.54. The van der Waals surface area contributed by atoms with Crippen LogP contribution in [0, 0.1) is 17.8 Å². The second-order valence-corrected chi connectivity index (χ2v) is 7.98. The molecule has 0 saturated heterocycles. The van der Waals surface area contributed by atoms with Crippen LogP contribution in [0.1, 0.15) is 59.3 Å². The van der Waals surface area contributed by atoms with Crippen LogP contribution in [0.15, 0.2) is 0 Å². The zero-order valence-electron chi connectivity index (χ0n) is 12.4. The van der Waals surface area contributed by atoms with E-state index in [1.165, 1.54) is 38.5 Å². The second kappa shape index (κ2) is 4.47. The molecule has 0 unspecified atom stereocenters. The van der Waals surface area contributed by atoms with E-state index < -0.39 is 5.60 Å². The van der Waals surface area contributed by atoms with E-state index in [-0.39, 0.29) is 18.2 Å². The van der Waals surface area contributed by atoms with Gasteiger partial charge in [0.1, 0.15) is 12.2 Å². The molecule has 0 aliphatic heterocycles. The lowest BCUT2D eigenvalue weighted by Crippen LogP contribution is -2.52. The normalized spacial score (nSPS) is 40.5. The van der Waals surface area contributed by atoms with Crippen molar-refractivity contribution in [3.05, 3.63) is 0 Å². The largest absolute Gasteiger partial charge is 0.458 e. The van der Waals surface area contributed by atoms with Gasteiger partial charge in [-0.1, -0.05) is 0 Å². The zero-order valence-corrected chi connectivity index (χ0v) is 12.4. The van der Waals surface area contributed by atoms with Gasteiger partial charge in [-0.15, -0.1) is 0 Å². The van der Waals surface area contributed by atoms with Crippen LogP contribution >= 0.6 is 0 Å². The number of hydrogen-bond donors (Lipinski definition) is 0. The van der Waals surface area contributed by atoms with Gasteiger partial charge in [-0.25, -0.2) is 4.79 Å². The van der Waals surface area contributed by atoms with E-state index in [1.807, 2.05) is 20.8 Å². The van der Waals surface area contributed by atoms with Gasteiger partial charge >= 0.3 is 5.97 Å². The third-order valence-corrected chi connectivity index (χ3v) is 4.90. The van der Waals surface area contributed by atoms with Crippen molar-refractivity contribution in [2.45, 2.75) is 70.5 Å². The summed E-state index contributed by atoms with van der Waals surface area (Å²) >= 11 is 0. The molecule has 0 atom stereocenters. The smallest absolute Gasteiger partial charge is 0.332 e. The van der Waals surface area contributed by atoms with Gasteiger partial charge in [0.2, 0.25) is 0 Å². The quantitative estimate of drug-likeness (QED) is 0.735. The third-order valence-electron chi connectivity index (χ3n) is 4.90. The van der Waals surface area contributed by atoms with Crippen molar-refractivity contribution >= 4 is 5.97 Å². The summed E-state index contributed by atoms with van der Waals surface area (Å²) in [4.78, 5) is 11.8. The molecule has 4 bridgehead atoms. The van der Waals surface area contributed by atoms with Crippen LogP contribution in [0.25, 0.3) is 0 Å². The Kier molecular flexibility index (Phi) is 3.16. The number of hydrogen-bond acceptors (Lipinski definition) is 3. The summed E-state index contributed by atoms with van der Waals surface area (Å²) < 4.78 is 11.4. The average molecular weight is 266 g/mol. The van der Waals surface area contributed by atoms with E-state index in [2.05, 4.69) is 0 Å². The van der Waals surface area contributed by atoms with E-state index >= 15 is 0 Å². The highest BCUT2D eigenvalue weighted by Gasteiger charge is 2.51. The van der Waals surface area contributed by atoms with E-state index in [0.717, 1.165) is 17.8 Å². The van der Waals surface area contributed by atoms with Gasteiger partial charge in [-0.05, 0) is 77.0 Å². The number of ether oxygens (including phenoxy) is 2. The van der Waals surface area contributed by atoms with Crippen molar-refractivity contribution in [3.63, 3.8) is 0 Å². The monoisotopic (exact) mass is 266 g/mol. The first-order chi connectivity index (χ1) is 8.84. The van der Waals surface area contributed by atoms with E-state index in [0.29, 0.717) is 0 Å². The lowest BCUT2D eigenvalue weighted by Gasteiger charge is -2.56. The summed E-state index contributed by atoms with van der Waals surface area (Å²) in [5.74, 6) is 2.34. The number of rotatable bonds is 3. The first-order valence-corrected chi connectivity index (χ1v) is 7.69. The molecule has 0 amide bonds. The molecule has 0 N–H and O–H groups in total. The molecule has 0 aromatic heterocycles. The maximum Gasteiger partial charge on any atom is 0.332 e. The van der Waals surface area contributed by atoms with Crippen molar-refractivity contribution in [2.24, 2.45) is 17.8 Å². The Labute approximate surface area is 116 Å². The fourth-order valence-corrected chi connectivity index (χ4v) is 4.79. The Bertz CT molecular complexity index is 331. The summed E-state index contributed by atoms with van der Waals surface area (Å²) in [6.07, 6.45) is 7.70. The molecule has 0 aromatic rings. The van der Waals surface area contributed by atoms with Gasteiger partial charge < -0.3 is 9.47 Å². The number of carbonyl (C=O) groups excluding carboxylic acids is 1. The molecule has 3 nitrogen and oxygen atoms in total. The minimum absolute atomic E-state index is 0.00561. The van der Waals surface area contributed by atoms with Gasteiger partial charge in [0.25, 0.3) is 0 Å². The molecule has 4 aliphatic carbocycles. The first-order valence-electron chi connectivity index (χ1n) is 7.69. The molecular formula is C16H26O3. The maximum absolute atomic E-state index is 11.8. The molecule has 4 aliphatic rings. The number of esters is 1. The van der Waals surface area contributed by atoms with Crippen LogP contribution < -0.4 is 0 Å². The SMILES string of the molecule is CC(C)(C)OC(=O)COC12CC3CC(CC(C3)C1)C2. The molecule has 0 radical (unpaired) electrons. The fourth-order valence-electron chi connectivity index (χ4n) is 4.79. The van der Waals surface area contributed by atoms with Crippen LogP contribution in [-0.2, 0) is 14.3 Å². The second-order valence-electron chi connectivity index (χ2n) is 7.98. The molecule has 4 saturated carbocycles. The van der Waals surface area contributed by atoms with Crippen molar-refractivity contribution in [1.29, 1.82) is 0 Å². The molecular weight excluding hydrogens is 240 g/mol. The van der Waals surface area contributed by atoms with Crippen LogP contribution in [-0.4, -0.2) is 23.8 Å². The summed E-state index contributed by atoms with van der Waals surface area (Å²) in [5, 5.41) is 0. The Morgan fingerprint density at radius 3 is 1.95 bits per heavy atom. The van der Waals surface area contributed by atoms with E-state index in [9.17, 15) is 4.79 Å². The van der Waals surface area contributed by atoms with Gasteiger partial charge in [-0.3, -0.25) is 0 Å². The highest BCUT2D eigenvalue weighted by molar-refractivity contribution is 5.71. The molecule has 4 fully saturated rings. The number of carbonyl (C=O) groups is 1. The van der Waals surface area contributed by atoms with Crippen molar-refractivity contribution in [1.82, 2.24) is 0 Å². The third kappa shape index (κ3) is 2.96. The molecule has 108 valence electrons. The van der Waals surface area contributed by atoms with Crippen LogP contribution in [0.3, 0.4) is 0 Å². The highest BCUT2D eigenvalue weighted by atomic mass is 16.6. The Morgan fingerprint density at radius 1 is 1.05 bits per heavy atom. The fraction of sp³-hybridized carbons (Fsp3) is 0.938. The Balaban J connectivity index is 1.57.